The molecule has 2 heterocycles. The van der Waals surface area contributed by atoms with Crippen LogP contribution in [0, 0.1) is 0 Å². The number of H-pyrrole nitrogens is 1. The molecule has 13 heavy (non-hydrogen) atoms. The molecule has 0 aliphatic carbocycles. The van der Waals surface area contributed by atoms with Crippen LogP contribution >= 0.6 is 0 Å². The molecule has 68 valence electrons. The number of hydrogen-bond acceptors (Lipinski definition) is 3. The summed E-state index contributed by atoms with van der Waals surface area (Å²) in [6.45, 7) is 2.45. The lowest BCUT2D eigenvalue weighted by atomic mass is 10.3. The molecule has 2 aromatic rings. The van der Waals surface area contributed by atoms with Gasteiger partial charge >= 0.3 is 0 Å². The summed E-state index contributed by atoms with van der Waals surface area (Å²) >= 11 is 0. The van der Waals surface area contributed by atoms with E-state index in [2.05, 4.69) is 9.97 Å². The summed E-state index contributed by atoms with van der Waals surface area (Å²) in [6.07, 6.45) is 3.13. The molecule has 4 nitrogen and oxygen atoms in total. The fourth-order valence-electron chi connectivity index (χ4n) is 1.26. The lowest BCUT2D eigenvalue weighted by Gasteiger charge is -2.01. The van der Waals surface area contributed by atoms with E-state index in [-0.39, 0.29) is 5.75 Å². The van der Waals surface area contributed by atoms with Crippen molar-refractivity contribution >= 4 is 10.9 Å². The molecule has 0 fully saturated rings. The minimum Gasteiger partial charge on any atom is -0.506 e. The van der Waals surface area contributed by atoms with E-state index in [9.17, 15) is 5.11 Å². The van der Waals surface area contributed by atoms with Gasteiger partial charge in [-0.25, -0.2) is 4.98 Å². The van der Waals surface area contributed by atoms with Crippen LogP contribution in [0.5, 0.6) is 11.6 Å². The minimum atomic E-state index is 0.221. The van der Waals surface area contributed by atoms with Gasteiger partial charge in [0.2, 0.25) is 5.88 Å². The zero-order valence-electron chi connectivity index (χ0n) is 7.24. The summed E-state index contributed by atoms with van der Waals surface area (Å²) < 4.78 is 5.28. The standard InChI is InChI=1S/C9H10N2O2/c1-2-13-9-8-6(3-4-10-9)7(12)5-11-8/h3-5,11-12H,2H2,1H3. The summed E-state index contributed by atoms with van der Waals surface area (Å²) in [6, 6.07) is 1.74. The van der Waals surface area contributed by atoms with Gasteiger partial charge in [0.05, 0.1) is 6.61 Å². The maximum Gasteiger partial charge on any atom is 0.238 e. The largest absolute Gasteiger partial charge is 0.506 e. The molecule has 0 amide bonds. The molecule has 0 spiro atoms. The fraction of sp³-hybridized carbons (Fsp3) is 0.222. The van der Waals surface area contributed by atoms with E-state index in [1.165, 1.54) is 6.20 Å². The Morgan fingerprint density at radius 2 is 2.46 bits per heavy atom. The lowest BCUT2D eigenvalue weighted by Crippen LogP contribution is -1.94. The van der Waals surface area contributed by atoms with Crippen molar-refractivity contribution in [2.45, 2.75) is 6.92 Å². The highest BCUT2D eigenvalue weighted by Crippen LogP contribution is 2.28. The Labute approximate surface area is 75.2 Å². The van der Waals surface area contributed by atoms with Crippen LogP contribution in [0.1, 0.15) is 6.92 Å². The molecule has 0 aliphatic heterocycles. The average Bonchev–Trinajstić information content (AvgIpc) is 2.50. The lowest BCUT2D eigenvalue weighted by molar-refractivity contribution is 0.330. The van der Waals surface area contributed by atoms with E-state index in [1.54, 1.807) is 12.3 Å². The number of aromatic nitrogens is 2. The van der Waals surface area contributed by atoms with Crippen molar-refractivity contribution in [3.63, 3.8) is 0 Å². The molecule has 0 atom stereocenters. The highest BCUT2D eigenvalue weighted by molar-refractivity contribution is 5.88. The Kier molecular flexibility index (Phi) is 1.81. The first-order valence-corrected chi connectivity index (χ1v) is 4.10. The predicted octanol–water partition coefficient (Wildman–Crippen LogP) is 1.67. The van der Waals surface area contributed by atoms with E-state index < -0.39 is 0 Å². The zero-order chi connectivity index (χ0) is 9.26. The van der Waals surface area contributed by atoms with Gasteiger partial charge in [-0.3, -0.25) is 0 Å². The molecular formula is C9H10N2O2. The third-order valence-corrected chi connectivity index (χ3v) is 1.83. The summed E-state index contributed by atoms with van der Waals surface area (Å²) in [5.41, 5.74) is 0.738. The Balaban J connectivity index is 2.63. The van der Waals surface area contributed by atoms with Crippen molar-refractivity contribution in [3.8, 4) is 11.6 Å². The maximum atomic E-state index is 9.39. The minimum absolute atomic E-state index is 0.221. The van der Waals surface area contributed by atoms with Gasteiger partial charge in [-0.05, 0) is 13.0 Å². The number of aromatic amines is 1. The molecule has 4 heteroatoms. The van der Waals surface area contributed by atoms with Crippen molar-refractivity contribution in [3.05, 3.63) is 18.5 Å². The van der Waals surface area contributed by atoms with Crippen molar-refractivity contribution in [2.24, 2.45) is 0 Å². The van der Waals surface area contributed by atoms with Crippen LogP contribution in [0.4, 0.5) is 0 Å². The van der Waals surface area contributed by atoms with Crippen molar-refractivity contribution in [1.29, 1.82) is 0 Å². The smallest absolute Gasteiger partial charge is 0.238 e. The molecule has 2 rings (SSSR count). The number of rotatable bonds is 2. The summed E-state index contributed by atoms with van der Waals surface area (Å²) in [5.74, 6) is 0.749. The van der Waals surface area contributed by atoms with Gasteiger partial charge in [0.25, 0.3) is 0 Å². The second-order valence-corrected chi connectivity index (χ2v) is 2.65. The molecule has 2 N–H and O–H groups in total. The van der Waals surface area contributed by atoms with Crippen LogP contribution < -0.4 is 4.74 Å². The molecule has 0 unspecified atom stereocenters. The Hall–Kier alpha value is -1.71. The first kappa shape index (κ1) is 7.91. The molecule has 0 bridgehead atoms. The Bertz CT molecular complexity index is 422. The number of aromatic hydroxyl groups is 1. The van der Waals surface area contributed by atoms with Gasteiger partial charge in [-0.1, -0.05) is 0 Å². The van der Waals surface area contributed by atoms with Gasteiger partial charge in [-0.15, -0.1) is 0 Å². The van der Waals surface area contributed by atoms with Gasteiger partial charge in [-0.2, -0.15) is 0 Å². The predicted molar refractivity (Wildman–Crippen MR) is 48.9 cm³/mol. The van der Waals surface area contributed by atoms with Crippen LogP contribution in [0.3, 0.4) is 0 Å². The number of ether oxygens (including phenoxy) is 1. The molecule has 0 saturated heterocycles. The van der Waals surface area contributed by atoms with Crippen LogP contribution in [-0.2, 0) is 0 Å². The zero-order valence-corrected chi connectivity index (χ0v) is 7.24. The van der Waals surface area contributed by atoms with Gasteiger partial charge in [0.1, 0.15) is 11.3 Å². The van der Waals surface area contributed by atoms with E-state index in [4.69, 9.17) is 4.74 Å². The monoisotopic (exact) mass is 178 g/mol. The third kappa shape index (κ3) is 1.20. The molecule has 0 aliphatic rings. The third-order valence-electron chi connectivity index (χ3n) is 1.83. The summed E-state index contributed by atoms with van der Waals surface area (Å²) in [4.78, 5) is 6.95. The van der Waals surface area contributed by atoms with Gasteiger partial charge < -0.3 is 14.8 Å². The van der Waals surface area contributed by atoms with Gasteiger partial charge in [0, 0.05) is 17.8 Å². The molecule has 0 saturated carbocycles. The second-order valence-electron chi connectivity index (χ2n) is 2.65. The average molecular weight is 178 g/mol. The van der Waals surface area contributed by atoms with Crippen LogP contribution in [0.2, 0.25) is 0 Å². The highest BCUT2D eigenvalue weighted by atomic mass is 16.5. The van der Waals surface area contributed by atoms with Crippen LogP contribution in [-0.4, -0.2) is 21.7 Å². The van der Waals surface area contributed by atoms with E-state index in [0.717, 1.165) is 10.9 Å². The van der Waals surface area contributed by atoms with Crippen molar-refractivity contribution in [1.82, 2.24) is 9.97 Å². The van der Waals surface area contributed by atoms with Crippen molar-refractivity contribution < 1.29 is 9.84 Å². The van der Waals surface area contributed by atoms with Crippen molar-refractivity contribution in [2.75, 3.05) is 6.61 Å². The topological polar surface area (TPSA) is 58.1 Å². The first-order valence-electron chi connectivity index (χ1n) is 4.10. The SMILES string of the molecule is CCOc1nccc2c(O)c[nH]c12. The number of fused-ring (bicyclic) bond motifs is 1. The fourth-order valence-corrected chi connectivity index (χ4v) is 1.26. The Morgan fingerprint density at radius 3 is 3.23 bits per heavy atom. The second kappa shape index (κ2) is 2.97. The van der Waals surface area contributed by atoms with Crippen LogP contribution in [0.15, 0.2) is 18.5 Å². The highest BCUT2D eigenvalue weighted by Gasteiger charge is 2.07. The Morgan fingerprint density at radius 1 is 1.62 bits per heavy atom. The number of hydrogen-bond donors (Lipinski definition) is 2. The number of nitrogens with zero attached hydrogens (tertiary/aromatic N) is 1. The first-order chi connectivity index (χ1) is 6.33. The van der Waals surface area contributed by atoms with E-state index in [0.29, 0.717) is 12.5 Å². The van der Waals surface area contributed by atoms with Crippen LogP contribution in [0.25, 0.3) is 10.9 Å². The molecular weight excluding hydrogens is 168 g/mol. The number of nitrogens with one attached hydrogen (secondary N) is 1. The summed E-state index contributed by atoms with van der Waals surface area (Å²) in [5, 5.41) is 10.1. The summed E-state index contributed by atoms with van der Waals surface area (Å²) in [7, 11) is 0. The van der Waals surface area contributed by atoms with E-state index >= 15 is 0 Å². The normalized spacial score (nSPS) is 10.5. The maximum absolute atomic E-state index is 9.39. The quantitative estimate of drug-likeness (QED) is 0.735. The van der Waals surface area contributed by atoms with Gasteiger partial charge in [0.15, 0.2) is 0 Å². The number of pyridine rings is 1. The molecule has 0 aromatic carbocycles. The molecule has 2 aromatic heterocycles. The van der Waals surface area contributed by atoms with E-state index in [1.807, 2.05) is 6.92 Å². The molecule has 0 radical (unpaired) electrons.